The lowest BCUT2D eigenvalue weighted by molar-refractivity contribution is -0.111. The fourth-order valence-electron chi connectivity index (χ4n) is 4.10. The van der Waals surface area contributed by atoms with Crippen LogP contribution >= 0.6 is 0 Å². The minimum atomic E-state index is -0.316. The monoisotopic (exact) mass is 469 g/mol. The molecule has 8 nitrogen and oxygen atoms in total. The number of benzene rings is 3. The molecular formula is C27H27N5O3. The number of ether oxygens (including phenoxy) is 2. The van der Waals surface area contributed by atoms with Gasteiger partial charge in [-0.1, -0.05) is 36.9 Å². The lowest BCUT2D eigenvalue weighted by atomic mass is 10.1. The molecule has 178 valence electrons. The zero-order valence-corrected chi connectivity index (χ0v) is 19.4. The van der Waals surface area contributed by atoms with Crippen LogP contribution in [0.1, 0.15) is 0 Å². The minimum Gasteiger partial charge on any atom is -0.490 e. The van der Waals surface area contributed by atoms with Crippen LogP contribution in [0.2, 0.25) is 0 Å². The maximum Gasteiger partial charge on any atom is 0.247 e. The van der Waals surface area contributed by atoms with E-state index in [1.165, 1.54) is 17.8 Å². The second kappa shape index (κ2) is 10.5. The van der Waals surface area contributed by atoms with E-state index >= 15 is 0 Å². The summed E-state index contributed by atoms with van der Waals surface area (Å²) in [5, 5.41) is 9.31. The van der Waals surface area contributed by atoms with E-state index in [1.807, 2.05) is 30.3 Å². The van der Waals surface area contributed by atoms with Crippen molar-refractivity contribution in [1.29, 1.82) is 0 Å². The van der Waals surface area contributed by atoms with Crippen molar-refractivity contribution >= 4 is 44.8 Å². The zero-order valence-electron chi connectivity index (χ0n) is 19.4. The third-order valence-corrected chi connectivity index (χ3v) is 5.96. The zero-order chi connectivity index (χ0) is 24.0. The second-order valence-corrected chi connectivity index (χ2v) is 8.27. The Kier molecular flexibility index (Phi) is 6.83. The van der Waals surface area contributed by atoms with Crippen molar-refractivity contribution in [1.82, 2.24) is 14.9 Å². The fourth-order valence-corrected chi connectivity index (χ4v) is 4.10. The van der Waals surface area contributed by atoms with Crippen molar-refractivity contribution in [2.45, 2.75) is 0 Å². The van der Waals surface area contributed by atoms with Crippen LogP contribution in [0, 0.1) is 0 Å². The number of fused-ring (bicyclic) bond motifs is 2. The molecule has 1 fully saturated rings. The molecule has 2 N–H and O–H groups in total. The van der Waals surface area contributed by atoms with Gasteiger partial charge in [0.15, 0.2) is 0 Å². The number of nitrogens with one attached hydrogen (secondary N) is 2. The van der Waals surface area contributed by atoms with Crippen LogP contribution in [0.15, 0.2) is 73.6 Å². The highest BCUT2D eigenvalue weighted by molar-refractivity contribution is 6.03. The smallest absolute Gasteiger partial charge is 0.247 e. The minimum absolute atomic E-state index is 0.316. The summed E-state index contributed by atoms with van der Waals surface area (Å²) >= 11 is 0. The second-order valence-electron chi connectivity index (χ2n) is 8.27. The number of hydrogen-bond donors (Lipinski definition) is 2. The van der Waals surface area contributed by atoms with Gasteiger partial charge in [0.05, 0.1) is 24.4 Å². The quantitative estimate of drug-likeness (QED) is 0.371. The predicted octanol–water partition coefficient (Wildman–Crippen LogP) is 4.36. The number of morpholine rings is 1. The topological polar surface area (TPSA) is 88.6 Å². The maximum atomic E-state index is 12.1. The van der Waals surface area contributed by atoms with Gasteiger partial charge in [0, 0.05) is 36.8 Å². The summed E-state index contributed by atoms with van der Waals surface area (Å²) in [5.41, 5.74) is 2.16. The van der Waals surface area contributed by atoms with Crippen LogP contribution in [0.5, 0.6) is 5.75 Å². The van der Waals surface area contributed by atoms with Crippen LogP contribution < -0.4 is 15.4 Å². The van der Waals surface area contributed by atoms with E-state index in [2.05, 4.69) is 56.3 Å². The Bertz CT molecular complexity index is 1370. The van der Waals surface area contributed by atoms with Gasteiger partial charge in [-0.15, -0.1) is 0 Å². The normalized spacial score (nSPS) is 14.1. The Hall–Kier alpha value is -4.01. The van der Waals surface area contributed by atoms with E-state index in [0.717, 1.165) is 49.3 Å². The van der Waals surface area contributed by atoms with Gasteiger partial charge in [0.1, 0.15) is 24.5 Å². The summed E-state index contributed by atoms with van der Waals surface area (Å²) in [6.45, 7) is 8.06. The number of aromatic nitrogens is 2. The van der Waals surface area contributed by atoms with E-state index in [4.69, 9.17) is 9.47 Å². The average molecular weight is 470 g/mol. The van der Waals surface area contributed by atoms with E-state index < -0.39 is 0 Å². The van der Waals surface area contributed by atoms with Crippen molar-refractivity contribution in [3.63, 3.8) is 0 Å². The Morgan fingerprint density at radius 1 is 1.09 bits per heavy atom. The van der Waals surface area contributed by atoms with Crippen molar-refractivity contribution < 1.29 is 14.3 Å². The van der Waals surface area contributed by atoms with Gasteiger partial charge >= 0.3 is 0 Å². The van der Waals surface area contributed by atoms with Crippen LogP contribution in [0.3, 0.4) is 0 Å². The van der Waals surface area contributed by atoms with Gasteiger partial charge in [-0.05, 0) is 35.0 Å². The van der Waals surface area contributed by atoms with Crippen molar-refractivity contribution in [3.8, 4) is 5.75 Å². The number of hydrogen-bond acceptors (Lipinski definition) is 7. The highest BCUT2D eigenvalue weighted by atomic mass is 16.5. The lowest BCUT2D eigenvalue weighted by Crippen LogP contribution is -2.38. The van der Waals surface area contributed by atoms with Gasteiger partial charge in [-0.25, -0.2) is 9.97 Å². The summed E-state index contributed by atoms with van der Waals surface area (Å²) in [7, 11) is 0. The molecule has 0 radical (unpaired) electrons. The molecule has 5 rings (SSSR count). The van der Waals surface area contributed by atoms with E-state index in [1.54, 1.807) is 0 Å². The molecule has 1 aliphatic rings. The SMILES string of the molecule is C=CC(=O)Nc1cc2c(Nc3ccc4ccccc4c3)ncnc2cc1OCCN1CCOCC1. The molecule has 4 aromatic rings. The Balaban J connectivity index is 1.43. The summed E-state index contributed by atoms with van der Waals surface area (Å²) in [4.78, 5) is 23.3. The van der Waals surface area contributed by atoms with Gasteiger partial charge in [-0.2, -0.15) is 0 Å². The molecule has 0 unspecified atom stereocenters. The van der Waals surface area contributed by atoms with Gasteiger partial charge < -0.3 is 20.1 Å². The molecule has 0 spiro atoms. The molecule has 1 aliphatic heterocycles. The summed E-state index contributed by atoms with van der Waals surface area (Å²) in [6.07, 6.45) is 2.75. The van der Waals surface area contributed by atoms with E-state index in [-0.39, 0.29) is 5.91 Å². The first kappa shape index (κ1) is 22.8. The van der Waals surface area contributed by atoms with Crippen molar-refractivity contribution in [2.75, 3.05) is 50.1 Å². The van der Waals surface area contributed by atoms with Crippen molar-refractivity contribution in [3.05, 3.63) is 73.6 Å². The third kappa shape index (κ3) is 5.40. The molecule has 1 amide bonds. The predicted molar refractivity (Wildman–Crippen MR) is 138 cm³/mol. The Labute approximate surface area is 203 Å². The number of rotatable bonds is 8. The van der Waals surface area contributed by atoms with Gasteiger partial charge in [-0.3, -0.25) is 9.69 Å². The average Bonchev–Trinajstić information content (AvgIpc) is 2.89. The number of nitrogens with zero attached hydrogens (tertiary/aromatic N) is 3. The molecule has 1 aromatic heterocycles. The molecular weight excluding hydrogens is 442 g/mol. The molecule has 0 bridgehead atoms. The molecule has 1 saturated heterocycles. The lowest BCUT2D eigenvalue weighted by Gasteiger charge is -2.26. The van der Waals surface area contributed by atoms with Gasteiger partial charge in [0.2, 0.25) is 5.91 Å². The molecule has 2 heterocycles. The molecule has 0 saturated carbocycles. The van der Waals surface area contributed by atoms with Crippen LogP contribution in [-0.2, 0) is 9.53 Å². The van der Waals surface area contributed by atoms with Crippen LogP contribution in [0.25, 0.3) is 21.7 Å². The molecule has 8 heteroatoms. The molecule has 0 aliphatic carbocycles. The Morgan fingerprint density at radius 2 is 1.91 bits per heavy atom. The van der Waals surface area contributed by atoms with E-state index in [9.17, 15) is 4.79 Å². The van der Waals surface area contributed by atoms with Gasteiger partial charge in [0.25, 0.3) is 0 Å². The fraction of sp³-hybridized carbons (Fsp3) is 0.222. The molecule has 3 aromatic carbocycles. The molecule has 0 atom stereocenters. The summed E-state index contributed by atoms with van der Waals surface area (Å²) < 4.78 is 11.5. The number of carbonyl (C=O) groups excluding carboxylic acids is 1. The summed E-state index contributed by atoms with van der Waals surface area (Å²) in [6, 6.07) is 18.0. The highest BCUT2D eigenvalue weighted by Crippen LogP contribution is 2.34. The largest absolute Gasteiger partial charge is 0.490 e. The maximum absolute atomic E-state index is 12.1. The summed E-state index contributed by atoms with van der Waals surface area (Å²) in [5.74, 6) is 0.874. The Morgan fingerprint density at radius 3 is 2.74 bits per heavy atom. The van der Waals surface area contributed by atoms with Crippen molar-refractivity contribution in [2.24, 2.45) is 0 Å². The first-order chi connectivity index (χ1) is 17.2. The molecule has 35 heavy (non-hydrogen) atoms. The van der Waals surface area contributed by atoms with E-state index in [0.29, 0.717) is 29.4 Å². The third-order valence-electron chi connectivity index (χ3n) is 5.96. The number of carbonyl (C=O) groups is 1. The first-order valence-electron chi connectivity index (χ1n) is 11.6. The first-order valence-corrected chi connectivity index (χ1v) is 11.6. The van der Waals surface area contributed by atoms with Crippen LogP contribution in [0.4, 0.5) is 17.2 Å². The number of amides is 1. The standard InChI is InChI=1S/C27H27N5O3/c1-2-26(33)31-24-16-22-23(17-25(24)35-14-11-32-9-12-34-13-10-32)28-18-29-27(22)30-21-8-7-19-5-3-4-6-20(19)15-21/h2-8,15-18H,1,9-14H2,(H,31,33)(H,28,29,30). The highest BCUT2D eigenvalue weighted by Gasteiger charge is 2.15. The van der Waals surface area contributed by atoms with Crippen LogP contribution in [-0.4, -0.2) is 60.2 Å². The number of anilines is 3.